The maximum absolute atomic E-state index is 11.8. The topological polar surface area (TPSA) is 175 Å². The van der Waals surface area contributed by atoms with Crippen LogP contribution in [-0.2, 0) is 19.2 Å². The molecule has 0 amide bonds. The van der Waals surface area contributed by atoms with Crippen molar-refractivity contribution in [3.63, 3.8) is 0 Å². The van der Waals surface area contributed by atoms with Gasteiger partial charge in [0.15, 0.2) is 17.7 Å². The van der Waals surface area contributed by atoms with E-state index in [1.165, 1.54) is 17.2 Å². The average molecular weight is 402 g/mol. The van der Waals surface area contributed by atoms with E-state index in [0.29, 0.717) is 17.6 Å². The summed E-state index contributed by atoms with van der Waals surface area (Å²) in [6.07, 6.45) is -0.725. The van der Waals surface area contributed by atoms with Crippen molar-refractivity contribution in [2.24, 2.45) is 0 Å². The molecule has 0 aromatic carbocycles. The Hall–Kier alpha value is -1.90. The van der Waals surface area contributed by atoms with Crippen molar-refractivity contribution in [2.45, 2.75) is 44.3 Å². The monoisotopic (exact) mass is 402 g/mol. The van der Waals surface area contributed by atoms with Crippen molar-refractivity contribution in [1.29, 1.82) is 0 Å². The van der Waals surface area contributed by atoms with Crippen molar-refractivity contribution in [3.8, 4) is 0 Å². The molecule has 13 heteroatoms. The van der Waals surface area contributed by atoms with Gasteiger partial charge in [0.25, 0.3) is 0 Å². The molecule has 3 rings (SSSR count). The molecule has 0 saturated carbocycles. The lowest BCUT2D eigenvalue weighted by Gasteiger charge is -2.16. The van der Waals surface area contributed by atoms with Crippen LogP contribution in [0.3, 0.4) is 0 Å². The first-order valence-corrected chi connectivity index (χ1v) is 9.83. The minimum atomic E-state index is -3.97. The van der Waals surface area contributed by atoms with Crippen LogP contribution < -0.4 is 10.5 Å². The van der Waals surface area contributed by atoms with Gasteiger partial charge in [0.2, 0.25) is 0 Å². The van der Waals surface area contributed by atoms with Crippen LogP contribution >= 0.6 is 0 Å². The number of nitrogens with two attached hydrogens (primary N) is 1. The Morgan fingerprint density at radius 1 is 1.33 bits per heavy atom. The molecule has 12 nitrogen and oxygen atoms in total. The van der Waals surface area contributed by atoms with Gasteiger partial charge in [-0.3, -0.25) is 8.75 Å². The predicted molar refractivity (Wildman–Crippen MR) is 93.4 cm³/mol. The molecule has 0 bridgehead atoms. The third kappa shape index (κ3) is 4.17. The molecule has 3 heterocycles. The highest BCUT2D eigenvalue weighted by Crippen LogP contribution is 2.32. The molecular weight excluding hydrogens is 380 g/mol. The van der Waals surface area contributed by atoms with Crippen LogP contribution in [0.5, 0.6) is 0 Å². The molecule has 5 N–H and O–H groups in total. The number of aromatic nitrogens is 4. The van der Waals surface area contributed by atoms with Crippen LogP contribution in [0.1, 0.15) is 26.0 Å². The van der Waals surface area contributed by atoms with Gasteiger partial charge in [-0.1, -0.05) is 13.3 Å². The van der Waals surface area contributed by atoms with E-state index in [0.717, 1.165) is 6.42 Å². The normalized spacial score (nSPS) is 26.0. The molecule has 1 fully saturated rings. The van der Waals surface area contributed by atoms with E-state index >= 15 is 0 Å². The van der Waals surface area contributed by atoms with E-state index in [4.69, 9.17) is 14.7 Å². The third-order valence-corrected chi connectivity index (χ3v) is 5.20. The Morgan fingerprint density at radius 3 is 2.85 bits per heavy atom. The summed E-state index contributed by atoms with van der Waals surface area (Å²) in [5.74, 6) is 0.163. The number of nitrogens with zero attached hydrogens (tertiary/aromatic N) is 4. The Labute approximate surface area is 155 Å². The third-order valence-electron chi connectivity index (χ3n) is 4.20. The van der Waals surface area contributed by atoms with Gasteiger partial charge in [0.1, 0.15) is 30.2 Å². The van der Waals surface area contributed by atoms with Crippen molar-refractivity contribution >= 4 is 27.3 Å². The highest BCUT2D eigenvalue weighted by atomic mass is 32.2. The molecule has 0 spiro atoms. The van der Waals surface area contributed by atoms with E-state index in [9.17, 15) is 18.6 Å². The Balaban J connectivity index is 1.69. The number of hydrogen-bond acceptors (Lipinski definition) is 10. The zero-order chi connectivity index (χ0) is 19.6. The molecule has 0 radical (unpaired) electrons. The van der Waals surface area contributed by atoms with E-state index in [2.05, 4.69) is 19.7 Å². The molecule has 27 heavy (non-hydrogen) atoms. The maximum atomic E-state index is 11.8. The molecule has 4 atom stereocenters. The average Bonchev–Trinajstić information content (AvgIpc) is 3.17. The molecule has 1 saturated heterocycles. The highest BCUT2D eigenvalue weighted by molar-refractivity contribution is 7.84. The lowest BCUT2D eigenvalue weighted by atomic mass is 10.1. The van der Waals surface area contributed by atoms with Crippen LogP contribution in [0.15, 0.2) is 12.7 Å². The van der Waals surface area contributed by atoms with Gasteiger partial charge < -0.3 is 20.7 Å². The molecule has 1 aliphatic rings. The fourth-order valence-corrected chi connectivity index (χ4v) is 3.52. The van der Waals surface area contributed by atoms with Gasteiger partial charge in [-0.05, 0) is 6.42 Å². The van der Waals surface area contributed by atoms with Crippen LogP contribution in [-0.4, -0.2) is 69.6 Å². The summed E-state index contributed by atoms with van der Waals surface area (Å²) in [6, 6.07) is 0. The number of fused-ring (bicyclic) bond motifs is 1. The fraction of sp³-hybridized carbons (Fsp3) is 0.643. The van der Waals surface area contributed by atoms with Gasteiger partial charge in [-0.2, -0.15) is 13.1 Å². The molecular formula is C14H22N6O6S. The van der Waals surface area contributed by atoms with E-state index < -0.39 is 41.5 Å². The minimum Gasteiger partial charge on any atom is -0.387 e. The number of rotatable bonds is 8. The summed E-state index contributed by atoms with van der Waals surface area (Å²) in [5, 5.41) is 20.5. The molecule has 0 unspecified atom stereocenters. The molecule has 0 aliphatic carbocycles. The Morgan fingerprint density at radius 2 is 2.11 bits per heavy atom. The molecule has 150 valence electrons. The summed E-state index contributed by atoms with van der Waals surface area (Å²) in [6.45, 7) is 1.72. The van der Waals surface area contributed by atoms with Crippen LogP contribution in [0.2, 0.25) is 0 Å². The first kappa shape index (κ1) is 19.9. The van der Waals surface area contributed by atoms with Gasteiger partial charge >= 0.3 is 10.3 Å². The lowest BCUT2D eigenvalue weighted by molar-refractivity contribution is -0.0469. The van der Waals surface area contributed by atoms with E-state index in [1.54, 1.807) is 0 Å². The number of aliphatic hydroxyl groups is 2. The summed E-state index contributed by atoms with van der Waals surface area (Å²) in [5.41, 5.74) is 6.37. The number of nitrogens with one attached hydrogen (secondary N) is 1. The molecule has 2 aromatic rings. The standard InChI is InChI=1S/C14H22N6O6S/c1-2-3-4-19-27(23,24)25-5-8-10(21)11(22)14(26-8)20-7-18-9-12(15)16-6-17-13(9)20/h6-8,10-11,14,19,21-22H,2-5H2,1H3,(H2,15,16,17)/t8-,10-,11-,14-/m1/s1. The van der Waals surface area contributed by atoms with Gasteiger partial charge in [0.05, 0.1) is 12.9 Å². The quantitative estimate of drug-likeness (QED) is 0.387. The second-order valence-electron chi connectivity index (χ2n) is 6.12. The second kappa shape index (κ2) is 8.00. The summed E-state index contributed by atoms with van der Waals surface area (Å²) in [4.78, 5) is 12.0. The number of ether oxygens (including phenoxy) is 1. The van der Waals surface area contributed by atoms with Crippen molar-refractivity contribution in [2.75, 3.05) is 18.9 Å². The zero-order valence-corrected chi connectivity index (χ0v) is 15.4. The number of nitrogen functional groups attached to an aromatic ring is 1. The molecule has 1 aliphatic heterocycles. The molecule has 2 aromatic heterocycles. The first-order chi connectivity index (χ1) is 12.8. The van der Waals surface area contributed by atoms with E-state index in [-0.39, 0.29) is 12.4 Å². The zero-order valence-electron chi connectivity index (χ0n) is 14.6. The SMILES string of the molecule is CCCCNS(=O)(=O)OC[C@H]1O[C@@H](n2cnc3c(N)ncnc32)[C@H](O)[C@@H]1O. The van der Waals surface area contributed by atoms with Gasteiger partial charge in [0, 0.05) is 6.54 Å². The van der Waals surface area contributed by atoms with E-state index in [1.807, 2.05) is 6.92 Å². The second-order valence-corrected chi connectivity index (χ2v) is 7.55. The van der Waals surface area contributed by atoms with Crippen molar-refractivity contribution < 1.29 is 27.6 Å². The fourth-order valence-electron chi connectivity index (χ4n) is 2.73. The minimum absolute atomic E-state index is 0.163. The number of unbranched alkanes of at least 4 members (excludes halogenated alkanes) is 1. The van der Waals surface area contributed by atoms with Gasteiger partial charge in [-0.25, -0.2) is 15.0 Å². The Bertz CT molecular complexity index is 889. The summed E-state index contributed by atoms with van der Waals surface area (Å²) in [7, 11) is -3.97. The van der Waals surface area contributed by atoms with Crippen LogP contribution in [0, 0.1) is 0 Å². The largest absolute Gasteiger partial charge is 0.387 e. The summed E-state index contributed by atoms with van der Waals surface area (Å²) >= 11 is 0. The van der Waals surface area contributed by atoms with Crippen LogP contribution in [0.25, 0.3) is 11.2 Å². The number of hydrogen-bond donors (Lipinski definition) is 4. The van der Waals surface area contributed by atoms with Crippen molar-refractivity contribution in [3.05, 3.63) is 12.7 Å². The predicted octanol–water partition coefficient (Wildman–Crippen LogP) is -1.32. The Kier molecular flexibility index (Phi) is 5.88. The smallest absolute Gasteiger partial charge is 0.335 e. The summed E-state index contributed by atoms with van der Waals surface area (Å²) < 4.78 is 37.7. The first-order valence-electron chi connectivity index (χ1n) is 8.42. The maximum Gasteiger partial charge on any atom is 0.335 e. The van der Waals surface area contributed by atoms with Crippen LogP contribution in [0.4, 0.5) is 5.82 Å². The van der Waals surface area contributed by atoms with Crippen molar-refractivity contribution in [1.82, 2.24) is 24.2 Å². The number of anilines is 1. The highest BCUT2D eigenvalue weighted by Gasteiger charge is 2.45. The number of imidazole rings is 1. The lowest BCUT2D eigenvalue weighted by Crippen LogP contribution is -2.36. The number of aliphatic hydroxyl groups excluding tert-OH is 2. The van der Waals surface area contributed by atoms with Gasteiger partial charge in [-0.15, -0.1) is 0 Å².